The zero-order valence-electron chi connectivity index (χ0n) is 13.7. The average Bonchev–Trinajstić information content (AvgIpc) is 3.13. The number of carbonyl (C=O) groups excluding carboxylic acids is 1. The third-order valence-electron chi connectivity index (χ3n) is 4.23. The highest BCUT2D eigenvalue weighted by molar-refractivity contribution is 9.10. The average molecular weight is 427 g/mol. The molecule has 1 atom stereocenters. The van der Waals surface area contributed by atoms with E-state index in [4.69, 9.17) is 0 Å². The van der Waals surface area contributed by atoms with Crippen LogP contribution >= 0.6 is 15.9 Å². The van der Waals surface area contributed by atoms with Crippen LogP contribution in [0.15, 0.2) is 40.2 Å². The molecular weight excluding hydrogens is 408 g/mol. The van der Waals surface area contributed by atoms with Gasteiger partial charge >= 0.3 is 0 Å². The molecule has 1 fully saturated rings. The van der Waals surface area contributed by atoms with Gasteiger partial charge in [0.1, 0.15) is 0 Å². The molecular formula is C16H19BrN4O3S. The maximum Gasteiger partial charge on any atom is 0.260 e. The molecule has 2 N–H and O–H groups in total. The van der Waals surface area contributed by atoms with Gasteiger partial charge in [0, 0.05) is 17.6 Å². The lowest BCUT2D eigenvalue weighted by Crippen LogP contribution is -2.43. The monoisotopic (exact) mass is 426 g/mol. The van der Waals surface area contributed by atoms with E-state index in [1.54, 1.807) is 0 Å². The molecule has 9 heteroatoms. The maximum absolute atomic E-state index is 12.6. The fourth-order valence-electron chi connectivity index (χ4n) is 2.85. The number of aryl methyl sites for hydroxylation is 1. The van der Waals surface area contributed by atoms with E-state index in [1.807, 2.05) is 25.1 Å². The summed E-state index contributed by atoms with van der Waals surface area (Å²) in [5.41, 5.74) is 1.77. The van der Waals surface area contributed by atoms with E-state index in [0.29, 0.717) is 25.1 Å². The summed E-state index contributed by atoms with van der Waals surface area (Å²) in [6.45, 7) is 2.53. The normalized spacial score (nSPS) is 18.9. The number of nitrogens with one attached hydrogen (secondary N) is 2. The first-order chi connectivity index (χ1) is 11.9. The molecule has 25 heavy (non-hydrogen) atoms. The lowest BCUT2D eigenvalue weighted by molar-refractivity contribution is -0.120. The van der Waals surface area contributed by atoms with Crippen LogP contribution in [0.3, 0.4) is 0 Å². The number of imidazole rings is 1. The predicted octanol–water partition coefficient (Wildman–Crippen LogP) is 2.52. The maximum atomic E-state index is 12.6. The number of sulfonamides is 1. The molecule has 0 spiro atoms. The van der Waals surface area contributed by atoms with Crippen LogP contribution in [0.25, 0.3) is 0 Å². The molecule has 2 aromatic rings. The number of aromatic amines is 1. The van der Waals surface area contributed by atoms with Crippen molar-refractivity contribution < 1.29 is 13.2 Å². The smallest absolute Gasteiger partial charge is 0.260 e. The highest BCUT2D eigenvalue weighted by atomic mass is 79.9. The Hall–Kier alpha value is -1.71. The van der Waals surface area contributed by atoms with E-state index < -0.39 is 10.0 Å². The standard InChI is InChI=1S/C16H19BrN4O3S/c1-11-4-5-14(13(17)7-11)20-16(22)12-3-2-6-21(9-12)25(23,24)15-8-18-10-19-15/h4-5,7-8,10,12H,2-3,6,9H2,1H3,(H,18,19)(H,20,22)/t12-/m1/s1. The van der Waals surface area contributed by atoms with Gasteiger partial charge in [-0.05, 0) is 53.4 Å². The van der Waals surface area contributed by atoms with Gasteiger partial charge in [-0.2, -0.15) is 4.31 Å². The molecule has 0 saturated carbocycles. The molecule has 1 aliphatic rings. The number of hydrogen-bond donors (Lipinski definition) is 2. The van der Waals surface area contributed by atoms with Gasteiger partial charge in [0.25, 0.3) is 10.0 Å². The largest absolute Gasteiger partial charge is 0.335 e. The third-order valence-corrected chi connectivity index (χ3v) is 6.67. The minimum atomic E-state index is -3.65. The molecule has 1 aromatic carbocycles. The molecule has 1 amide bonds. The summed E-state index contributed by atoms with van der Waals surface area (Å²) in [7, 11) is -3.65. The fraction of sp³-hybridized carbons (Fsp3) is 0.375. The van der Waals surface area contributed by atoms with Gasteiger partial charge in [-0.15, -0.1) is 0 Å². The van der Waals surface area contributed by atoms with Crippen molar-refractivity contribution in [1.82, 2.24) is 14.3 Å². The Labute approximate surface area is 155 Å². The Bertz CT molecular complexity index is 868. The van der Waals surface area contributed by atoms with Gasteiger partial charge in [-0.25, -0.2) is 13.4 Å². The van der Waals surface area contributed by atoms with Crippen LogP contribution in [-0.4, -0.2) is 41.7 Å². The van der Waals surface area contributed by atoms with Gasteiger partial charge < -0.3 is 10.3 Å². The topological polar surface area (TPSA) is 95.2 Å². The van der Waals surface area contributed by atoms with Crippen LogP contribution in [0.4, 0.5) is 5.69 Å². The van der Waals surface area contributed by atoms with E-state index >= 15 is 0 Å². The van der Waals surface area contributed by atoms with E-state index in [2.05, 4.69) is 31.2 Å². The Morgan fingerprint density at radius 3 is 2.92 bits per heavy atom. The molecule has 7 nitrogen and oxygen atoms in total. The van der Waals surface area contributed by atoms with Crippen LogP contribution in [0.1, 0.15) is 18.4 Å². The molecule has 1 aromatic heterocycles. The number of hydrogen-bond acceptors (Lipinski definition) is 4. The highest BCUT2D eigenvalue weighted by Gasteiger charge is 2.34. The van der Waals surface area contributed by atoms with Crippen LogP contribution < -0.4 is 5.32 Å². The minimum Gasteiger partial charge on any atom is -0.335 e. The lowest BCUT2D eigenvalue weighted by Gasteiger charge is -2.30. The Morgan fingerprint density at radius 1 is 1.44 bits per heavy atom. The summed E-state index contributed by atoms with van der Waals surface area (Å²) in [4.78, 5) is 19.0. The van der Waals surface area contributed by atoms with Gasteiger partial charge in [-0.1, -0.05) is 6.07 Å². The Kier molecular flexibility index (Phi) is 5.26. The second-order valence-electron chi connectivity index (χ2n) is 6.09. The van der Waals surface area contributed by atoms with E-state index in [9.17, 15) is 13.2 Å². The number of H-pyrrole nitrogens is 1. The zero-order chi connectivity index (χ0) is 18.0. The predicted molar refractivity (Wildman–Crippen MR) is 97.6 cm³/mol. The second-order valence-corrected chi connectivity index (χ2v) is 8.85. The Morgan fingerprint density at radius 2 is 2.24 bits per heavy atom. The van der Waals surface area contributed by atoms with Crippen molar-refractivity contribution in [2.24, 2.45) is 5.92 Å². The van der Waals surface area contributed by atoms with Gasteiger partial charge in [0.2, 0.25) is 5.91 Å². The van der Waals surface area contributed by atoms with Crippen LogP contribution in [0.2, 0.25) is 0 Å². The molecule has 1 saturated heterocycles. The minimum absolute atomic E-state index is 0.0508. The van der Waals surface area contributed by atoms with Gasteiger partial charge in [0.05, 0.1) is 24.1 Å². The summed E-state index contributed by atoms with van der Waals surface area (Å²) in [5.74, 6) is -0.561. The van der Waals surface area contributed by atoms with Crippen molar-refractivity contribution in [3.8, 4) is 0 Å². The molecule has 0 unspecified atom stereocenters. The molecule has 0 radical (unpaired) electrons. The summed E-state index contributed by atoms with van der Waals surface area (Å²) < 4.78 is 27.3. The van der Waals surface area contributed by atoms with Gasteiger partial charge in [-0.3, -0.25) is 4.79 Å². The number of carbonyl (C=O) groups is 1. The SMILES string of the molecule is Cc1ccc(NC(=O)[C@@H]2CCCN(S(=O)(=O)c3cnc[nH]3)C2)c(Br)c1. The number of aromatic nitrogens is 2. The van der Waals surface area contributed by atoms with Crippen molar-refractivity contribution in [1.29, 1.82) is 0 Å². The number of halogens is 1. The lowest BCUT2D eigenvalue weighted by atomic mass is 9.98. The first-order valence-corrected chi connectivity index (χ1v) is 10.2. The number of amides is 1. The number of benzene rings is 1. The van der Waals surface area contributed by atoms with Crippen LogP contribution in [0.5, 0.6) is 0 Å². The van der Waals surface area contributed by atoms with Crippen molar-refractivity contribution in [3.05, 3.63) is 40.8 Å². The number of piperidine rings is 1. The van der Waals surface area contributed by atoms with Crippen LogP contribution in [-0.2, 0) is 14.8 Å². The van der Waals surface area contributed by atoms with Crippen molar-refractivity contribution in [2.45, 2.75) is 24.8 Å². The summed E-state index contributed by atoms with van der Waals surface area (Å²) in [6.07, 6.45) is 3.91. The van der Waals surface area contributed by atoms with E-state index in [0.717, 1.165) is 10.0 Å². The second kappa shape index (κ2) is 7.27. The van der Waals surface area contributed by atoms with Crippen molar-refractivity contribution in [2.75, 3.05) is 18.4 Å². The van der Waals surface area contributed by atoms with E-state index in [1.165, 1.54) is 16.8 Å². The molecule has 0 bridgehead atoms. The number of rotatable bonds is 4. The fourth-order valence-corrected chi connectivity index (χ4v) is 4.87. The molecule has 3 rings (SSSR count). The van der Waals surface area contributed by atoms with E-state index in [-0.39, 0.29) is 23.4 Å². The van der Waals surface area contributed by atoms with Crippen molar-refractivity contribution >= 4 is 37.5 Å². The number of anilines is 1. The first kappa shape index (κ1) is 18.1. The van der Waals surface area contributed by atoms with Crippen LogP contribution in [0, 0.1) is 12.8 Å². The van der Waals surface area contributed by atoms with Gasteiger partial charge in [0.15, 0.2) is 5.03 Å². The molecule has 2 heterocycles. The summed E-state index contributed by atoms with van der Waals surface area (Å²) >= 11 is 3.44. The molecule has 1 aliphatic heterocycles. The summed E-state index contributed by atoms with van der Waals surface area (Å²) in [6, 6.07) is 5.67. The first-order valence-electron chi connectivity index (χ1n) is 7.93. The van der Waals surface area contributed by atoms with Crippen molar-refractivity contribution in [3.63, 3.8) is 0 Å². The summed E-state index contributed by atoms with van der Waals surface area (Å²) in [5, 5.41) is 2.94. The Balaban J connectivity index is 1.72. The highest BCUT2D eigenvalue weighted by Crippen LogP contribution is 2.27. The third kappa shape index (κ3) is 3.94. The zero-order valence-corrected chi connectivity index (χ0v) is 16.1. The molecule has 134 valence electrons. The number of nitrogens with zero attached hydrogens (tertiary/aromatic N) is 2. The quantitative estimate of drug-likeness (QED) is 0.784. The molecule has 0 aliphatic carbocycles.